The van der Waals surface area contributed by atoms with Crippen LogP contribution in [0.25, 0.3) is 16.2 Å². The summed E-state index contributed by atoms with van der Waals surface area (Å²) in [5, 5.41) is 6.03. The Morgan fingerprint density at radius 3 is 2.60 bits per heavy atom. The Hall–Kier alpha value is -1.68. The van der Waals surface area contributed by atoms with Crippen LogP contribution in [0, 0.1) is 0 Å². The molecule has 0 N–H and O–H groups in total. The van der Waals surface area contributed by atoms with E-state index < -0.39 is 0 Å². The van der Waals surface area contributed by atoms with Gasteiger partial charge in [-0.3, -0.25) is 0 Å². The van der Waals surface area contributed by atoms with Gasteiger partial charge in [-0.25, -0.2) is 9.50 Å². The van der Waals surface area contributed by atoms with E-state index in [1.165, 1.54) is 37.1 Å². The molecular weight excluding hydrogens is 266 g/mol. The predicted octanol–water partition coefficient (Wildman–Crippen LogP) is 4.51. The molecule has 1 fully saturated rings. The van der Waals surface area contributed by atoms with Gasteiger partial charge in [-0.15, -0.1) is 0 Å². The Bertz CT molecular complexity index is 676. The van der Waals surface area contributed by atoms with E-state index in [1.807, 2.05) is 28.9 Å². The first-order valence-electron chi connectivity index (χ1n) is 7.32. The second kappa shape index (κ2) is 5.02. The van der Waals surface area contributed by atoms with Crippen molar-refractivity contribution in [3.05, 3.63) is 41.5 Å². The van der Waals surface area contributed by atoms with Gasteiger partial charge in [-0.2, -0.15) is 5.10 Å². The third-order valence-corrected chi connectivity index (χ3v) is 5.17. The van der Waals surface area contributed by atoms with E-state index in [-0.39, 0.29) is 0 Å². The summed E-state index contributed by atoms with van der Waals surface area (Å²) in [7, 11) is 0. The van der Waals surface area contributed by atoms with E-state index in [2.05, 4.69) is 12.1 Å². The van der Waals surface area contributed by atoms with Crippen LogP contribution in [0.15, 0.2) is 36.5 Å². The summed E-state index contributed by atoms with van der Waals surface area (Å²) in [5.41, 5.74) is 2.17. The number of hydrogen-bond acceptors (Lipinski definition) is 3. The summed E-state index contributed by atoms with van der Waals surface area (Å²) >= 11 is 1.76. The van der Waals surface area contributed by atoms with Gasteiger partial charge < -0.3 is 0 Å². The fraction of sp³-hybridized carbons (Fsp3) is 0.375. The molecule has 0 aliphatic heterocycles. The van der Waals surface area contributed by atoms with Crippen LogP contribution in [0.3, 0.4) is 0 Å². The maximum atomic E-state index is 4.76. The summed E-state index contributed by atoms with van der Waals surface area (Å²) < 4.78 is 1.96. The molecule has 2 aromatic heterocycles. The minimum absolute atomic E-state index is 0.663. The fourth-order valence-electron chi connectivity index (χ4n) is 2.98. The molecule has 0 spiro atoms. The van der Waals surface area contributed by atoms with Crippen molar-refractivity contribution in [3.63, 3.8) is 0 Å². The number of rotatable bonds is 2. The highest BCUT2D eigenvalue weighted by Gasteiger charge is 2.20. The number of imidazole rings is 1. The lowest BCUT2D eigenvalue weighted by Crippen LogP contribution is -2.04. The normalized spacial score (nSPS) is 16.8. The summed E-state index contributed by atoms with van der Waals surface area (Å²) in [5.74, 6) is 0.663. The summed E-state index contributed by atoms with van der Waals surface area (Å²) in [6, 6.07) is 10.3. The van der Waals surface area contributed by atoms with Crippen LogP contribution in [-0.2, 0) is 0 Å². The number of nitrogens with zero attached hydrogens (tertiary/aromatic N) is 3. The highest BCUT2D eigenvalue weighted by Crippen LogP contribution is 2.35. The number of benzene rings is 1. The van der Waals surface area contributed by atoms with Crippen LogP contribution in [0.2, 0.25) is 0 Å². The standard InChI is InChI=1S/C16H17N3S/c1-3-7-12(8-4-1)14-11-19-16(17-14)20-15(18-19)13-9-5-2-6-10-13/h1,3-4,7-8,11,13H,2,5-6,9-10H2. The molecule has 2 heterocycles. The zero-order chi connectivity index (χ0) is 13.4. The van der Waals surface area contributed by atoms with Gasteiger partial charge in [-0.05, 0) is 12.8 Å². The van der Waals surface area contributed by atoms with Gasteiger partial charge in [-0.1, -0.05) is 60.9 Å². The number of aromatic nitrogens is 3. The van der Waals surface area contributed by atoms with Crippen molar-refractivity contribution < 1.29 is 0 Å². The lowest BCUT2D eigenvalue weighted by Gasteiger charge is -2.18. The second-order valence-electron chi connectivity index (χ2n) is 5.49. The molecule has 0 bridgehead atoms. The maximum Gasteiger partial charge on any atom is 0.212 e. The van der Waals surface area contributed by atoms with Crippen molar-refractivity contribution in [3.8, 4) is 11.3 Å². The summed E-state index contributed by atoms with van der Waals surface area (Å²) in [4.78, 5) is 5.74. The minimum atomic E-state index is 0.663. The zero-order valence-corrected chi connectivity index (χ0v) is 12.1. The largest absolute Gasteiger partial charge is 0.217 e. The molecule has 4 rings (SSSR count). The SMILES string of the molecule is c1ccc(-c2cn3nc(C4CCCCC4)sc3n2)cc1. The first-order valence-corrected chi connectivity index (χ1v) is 8.13. The van der Waals surface area contributed by atoms with Crippen molar-refractivity contribution in [2.45, 2.75) is 38.0 Å². The fourth-order valence-corrected chi connectivity index (χ4v) is 4.03. The zero-order valence-electron chi connectivity index (χ0n) is 11.3. The molecule has 4 heteroatoms. The second-order valence-corrected chi connectivity index (χ2v) is 6.48. The highest BCUT2D eigenvalue weighted by atomic mass is 32.1. The monoisotopic (exact) mass is 283 g/mol. The average Bonchev–Trinajstić information content (AvgIpc) is 3.08. The van der Waals surface area contributed by atoms with Crippen molar-refractivity contribution in [1.82, 2.24) is 14.6 Å². The van der Waals surface area contributed by atoms with Crippen LogP contribution in [0.5, 0.6) is 0 Å². The van der Waals surface area contributed by atoms with Crippen molar-refractivity contribution in [1.29, 1.82) is 0 Å². The van der Waals surface area contributed by atoms with E-state index in [0.29, 0.717) is 5.92 Å². The number of hydrogen-bond donors (Lipinski definition) is 0. The van der Waals surface area contributed by atoms with Crippen molar-refractivity contribution in [2.75, 3.05) is 0 Å². The molecule has 0 unspecified atom stereocenters. The lowest BCUT2D eigenvalue weighted by atomic mass is 9.90. The van der Waals surface area contributed by atoms with Crippen LogP contribution in [0.4, 0.5) is 0 Å². The molecule has 1 aliphatic carbocycles. The Balaban J connectivity index is 1.67. The van der Waals surface area contributed by atoms with Crippen LogP contribution in [0.1, 0.15) is 43.0 Å². The van der Waals surface area contributed by atoms with E-state index >= 15 is 0 Å². The third-order valence-electron chi connectivity index (χ3n) is 4.08. The van der Waals surface area contributed by atoms with Gasteiger partial charge in [0.15, 0.2) is 0 Å². The van der Waals surface area contributed by atoms with Gasteiger partial charge in [0.2, 0.25) is 4.96 Å². The van der Waals surface area contributed by atoms with Crippen LogP contribution in [-0.4, -0.2) is 14.6 Å². The molecular formula is C16H17N3S. The van der Waals surface area contributed by atoms with Gasteiger partial charge in [0.1, 0.15) is 5.01 Å². The Kier molecular flexibility index (Phi) is 3.03. The van der Waals surface area contributed by atoms with Crippen LogP contribution >= 0.6 is 11.3 Å². The Morgan fingerprint density at radius 1 is 1.05 bits per heavy atom. The van der Waals surface area contributed by atoms with E-state index in [4.69, 9.17) is 10.1 Å². The van der Waals surface area contributed by atoms with E-state index in [0.717, 1.165) is 16.2 Å². The van der Waals surface area contributed by atoms with Gasteiger partial charge >= 0.3 is 0 Å². The molecule has 0 amide bonds. The molecule has 102 valence electrons. The van der Waals surface area contributed by atoms with E-state index in [1.54, 1.807) is 11.3 Å². The van der Waals surface area contributed by atoms with Crippen molar-refractivity contribution >= 4 is 16.3 Å². The molecule has 0 atom stereocenters. The van der Waals surface area contributed by atoms with Crippen molar-refractivity contribution in [2.24, 2.45) is 0 Å². The lowest BCUT2D eigenvalue weighted by molar-refractivity contribution is 0.439. The predicted molar refractivity (Wildman–Crippen MR) is 82.1 cm³/mol. The summed E-state index contributed by atoms with van der Waals surface area (Å²) in [6.07, 6.45) is 8.72. The first-order chi connectivity index (χ1) is 9.90. The van der Waals surface area contributed by atoms with Gasteiger partial charge in [0.05, 0.1) is 11.9 Å². The van der Waals surface area contributed by atoms with Gasteiger partial charge in [0, 0.05) is 11.5 Å². The third kappa shape index (κ3) is 2.14. The molecule has 3 nitrogen and oxygen atoms in total. The molecule has 0 saturated heterocycles. The number of fused-ring (bicyclic) bond motifs is 1. The molecule has 1 aliphatic rings. The average molecular weight is 283 g/mol. The Labute approximate surface area is 122 Å². The molecule has 1 aromatic carbocycles. The maximum absolute atomic E-state index is 4.76. The molecule has 3 aromatic rings. The molecule has 1 saturated carbocycles. The van der Waals surface area contributed by atoms with Gasteiger partial charge in [0.25, 0.3) is 0 Å². The minimum Gasteiger partial charge on any atom is -0.217 e. The van der Waals surface area contributed by atoms with Crippen LogP contribution < -0.4 is 0 Å². The molecule has 0 radical (unpaired) electrons. The smallest absolute Gasteiger partial charge is 0.212 e. The van der Waals surface area contributed by atoms with E-state index in [9.17, 15) is 0 Å². The molecule has 20 heavy (non-hydrogen) atoms. The first kappa shape index (κ1) is 12.1. The topological polar surface area (TPSA) is 30.2 Å². The summed E-state index contributed by atoms with van der Waals surface area (Å²) in [6.45, 7) is 0. The quantitative estimate of drug-likeness (QED) is 0.693. The Morgan fingerprint density at radius 2 is 1.85 bits per heavy atom. The highest BCUT2D eigenvalue weighted by molar-refractivity contribution is 7.16.